The van der Waals surface area contributed by atoms with E-state index >= 15 is 0 Å². The fourth-order valence-corrected chi connectivity index (χ4v) is 2.82. The van der Waals surface area contributed by atoms with Crippen LogP contribution in [0, 0.1) is 11.3 Å². The van der Waals surface area contributed by atoms with Crippen LogP contribution in [0.25, 0.3) is 0 Å². The number of likely N-dealkylation sites (N-methyl/N-ethyl adjacent to an activating group) is 1. The number of ether oxygens (including phenoxy) is 1. The third kappa shape index (κ3) is 3.46. The van der Waals surface area contributed by atoms with Gasteiger partial charge >= 0.3 is 0 Å². The van der Waals surface area contributed by atoms with Gasteiger partial charge < -0.3 is 10.1 Å². The minimum atomic E-state index is 0.437. The molecule has 94 valence electrons. The summed E-state index contributed by atoms with van der Waals surface area (Å²) in [4.78, 5) is 0. The maximum absolute atomic E-state index is 6.11. The molecule has 0 aromatic heterocycles. The summed E-state index contributed by atoms with van der Waals surface area (Å²) in [6.07, 6.45) is 8.39. The first-order valence-corrected chi connectivity index (χ1v) is 6.89. The maximum Gasteiger partial charge on any atom is 0.0733 e. The Morgan fingerprint density at radius 2 is 2.00 bits per heavy atom. The molecule has 2 fully saturated rings. The van der Waals surface area contributed by atoms with Crippen LogP contribution in [0.15, 0.2) is 0 Å². The van der Waals surface area contributed by atoms with E-state index in [0.717, 1.165) is 12.5 Å². The molecule has 2 saturated carbocycles. The molecule has 2 rings (SSSR count). The van der Waals surface area contributed by atoms with Crippen molar-refractivity contribution in [2.24, 2.45) is 11.3 Å². The third-order valence-corrected chi connectivity index (χ3v) is 4.26. The molecule has 0 heterocycles. The molecule has 2 aliphatic carbocycles. The molecule has 0 amide bonds. The third-order valence-electron chi connectivity index (χ3n) is 4.26. The fraction of sp³-hybridized carbons (Fsp3) is 1.00. The fourth-order valence-electron chi connectivity index (χ4n) is 2.82. The number of hydrogen-bond acceptors (Lipinski definition) is 2. The summed E-state index contributed by atoms with van der Waals surface area (Å²) in [6.45, 7) is 5.72. The molecule has 0 aromatic carbocycles. The van der Waals surface area contributed by atoms with Crippen LogP contribution in [0.5, 0.6) is 0 Å². The van der Waals surface area contributed by atoms with Crippen molar-refractivity contribution in [3.63, 3.8) is 0 Å². The van der Waals surface area contributed by atoms with E-state index in [0.29, 0.717) is 17.6 Å². The van der Waals surface area contributed by atoms with Gasteiger partial charge in [0.25, 0.3) is 0 Å². The summed E-state index contributed by atoms with van der Waals surface area (Å²) in [5, 5.41) is 3.42. The SMILES string of the molecule is CNC1CCC(C)(C)CC1OCCC1CC1. The average molecular weight is 225 g/mol. The van der Waals surface area contributed by atoms with E-state index in [9.17, 15) is 0 Å². The van der Waals surface area contributed by atoms with E-state index in [4.69, 9.17) is 4.74 Å². The largest absolute Gasteiger partial charge is 0.377 e. The molecule has 0 radical (unpaired) electrons. The lowest BCUT2D eigenvalue weighted by atomic mass is 9.74. The van der Waals surface area contributed by atoms with Crippen LogP contribution in [-0.2, 0) is 4.74 Å². The van der Waals surface area contributed by atoms with Gasteiger partial charge in [-0.25, -0.2) is 0 Å². The van der Waals surface area contributed by atoms with Crippen LogP contribution in [0.1, 0.15) is 52.4 Å². The molecule has 2 nitrogen and oxygen atoms in total. The molecular formula is C14H27NO. The predicted octanol–water partition coefficient (Wildman–Crippen LogP) is 2.97. The highest BCUT2D eigenvalue weighted by atomic mass is 16.5. The van der Waals surface area contributed by atoms with Crippen LogP contribution in [0.4, 0.5) is 0 Å². The Labute approximate surface area is 100 Å². The summed E-state index contributed by atoms with van der Waals surface area (Å²) in [7, 11) is 2.07. The van der Waals surface area contributed by atoms with Gasteiger partial charge in [-0.1, -0.05) is 26.7 Å². The average Bonchev–Trinajstić information content (AvgIpc) is 3.01. The zero-order chi connectivity index (χ0) is 11.6. The second kappa shape index (κ2) is 5.05. The van der Waals surface area contributed by atoms with Crippen LogP contribution >= 0.6 is 0 Å². The number of rotatable bonds is 5. The molecule has 2 unspecified atom stereocenters. The monoisotopic (exact) mass is 225 g/mol. The van der Waals surface area contributed by atoms with Gasteiger partial charge in [0.05, 0.1) is 6.10 Å². The van der Waals surface area contributed by atoms with Crippen molar-refractivity contribution in [2.45, 2.75) is 64.5 Å². The summed E-state index contributed by atoms with van der Waals surface area (Å²) in [5.41, 5.74) is 0.470. The lowest BCUT2D eigenvalue weighted by Gasteiger charge is -2.40. The second-order valence-corrected chi connectivity index (χ2v) is 6.44. The Morgan fingerprint density at radius 3 is 2.62 bits per heavy atom. The molecule has 16 heavy (non-hydrogen) atoms. The van der Waals surface area contributed by atoms with Gasteiger partial charge in [0.2, 0.25) is 0 Å². The van der Waals surface area contributed by atoms with Crippen molar-refractivity contribution in [2.75, 3.05) is 13.7 Å². The van der Waals surface area contributed by atoms with Crippen LogP contribution in [-0.4, -0.2) is 25.8 Å². The zero-order valence-electron chi connectivity index (χ0n) is 11.1. The smallest absolute Gasteiger partial charge is 0.0733 e. The van der Waals surface area contributed by atoms with Crippen molar-refractivity contribution < 1.29 is 4.74 Å². The van der Waals surface area contributed by atoms with Gasteiger partial charge in [-0.3, -0.25) is 0 Å². The molecule has 2 aliphatic rings. The Balaban J connectivity index is 1.77. The Bertz CT molecular complexity index is 223. The Hall–Kier alpha value is -0.0800. The highest BCUT2D eigenvalue weighted by molar-refractivity contribution is 4.89. The highest BCUT2D eigenvalue weighted by Gasteiger charge is 2.34. The van der Waals surface area contributed by atoms with Crippen LogP contribution in [0.2, 0.25) is 0 Å². The van der Waals surface area contributed by atoms with E-state index in [-0.39, 0.29) is 0 Å². The summed E-state index contributed by atoms with van der Waals surface area (Å²) >= 11 is 0. The van der Waals surface area contributed by atoms with Gasteiger partial charge in [0, 0.05) is 12.6 Å². The highest BCUT2D eigenvalue weighted by Crippen LogP contribution is 2.37. The van der Waals surface area contributed by atoms with E-state index in [1.807, 2.05) is 0 Å². The van der Waals surface area contributed by atoms with Crippen molar-refractivity contribution in [1.82, 2.24) is 5.32 Å². The predicted molar refractivity (Wildman–Crippen MR) is 67.6 cm³/mol. The van der Waals surface area contributed by atoms with E-state index in [2.05, 4.69) is 26.2 Å². The lowest BCUT2D eigenvalue weighted by molar-refractivity contribution is -0.0284. The Kier molecular flexibility index (Phi) is 3.91. The molecule has 0 aromatic rings. The summed E-state index contributed by atoms with van der Waals surface area (Å²) in [5.74, 6) is 0.990. The minimum absolute atomic E-state index is 0.437. The molecule has 0 aliphatic heterocycles. The standard InChI is InChI=1S/C14H27NO/c1-14(2)8-6-12(15-3)13(10-14)16-9-7-11-4-5-11/h11-13,15H,4-10H2,1-3H3. The molecule has 0 saturated heterocycles. The van der Waals surface area contributed by atoms with Crippen molar-refractivity contribution in [1.29, 1.82) is 0 Å². The molecule has 1 N–H and O–H groups in total. The summed E-state index contributed by atoms with van der Waals surface area (Å²) in [6, 6.07) is 0.576. The normalized spacial score (nSPS) is 33.9. The summed E-state index contributed by atoms with van der Waals surface area (Å²) < 4.78 is 6.11. The quantitative estimate of drug-likeness (QED) is 0.776. The molecule has 0 spiro atoms. The first-order valence-electron chi connectivity index (χ1n) is 6.89. The van der Waals surface area contributed by atoms with Crippen molar-refractivity contribution >= 4 is 0 Å². The Morgan fingerprint density at radius 1 is 1.25 bits per heavy atom. The molecule has 2 heteroatoms. The number of hydrogen-bond donors (Lipinski definition) is 1. The van der Waals surface area contributed by atoms with E-state index in [1.54, 1.807) is 0 Å². The molecule has 2 atom stereocenters. The zero-order valence-corrected chi connectivity index (χ0v) is 11.1. The topological polar surface area (TPSA) is 21.3 Å². The van der Waals surface area contributed by atoms with E-state index < -0.39 is 0 Å². The minimum Gasteiger partial charge on any atom is -0.377 e. The first-order chi connectivity index (χ1) is 7.61. The maximum atomic E-state index is 6.11. The number of nitrogens with one attached hydrogen (secondary N) is 1. The van der Waals surface area contributed by atoms with E-state index in [1.165, 1.54) is 38.5 Å². The molecule has 0 bridgehead atoms. The second-order valence-electron chi connectivity index (χ2n) is 6.44. The van der Waals surface area contributed by atoms with Crippen LogP contribution < -0.4 is 5.32 Å². The van der Waals surface area contributed by atoms with Gasteiger partial charge in [-0.15, -0.1) is 0 Å². The first kappa shape index (κ1) is 12.4. The van der Waals surface area contributed by atoms with Gasteiger partial charge in [-0.2, -0.15) is 0 Å². The van der Waals surface area contributed by atoms with Crippen LogP contribution in [0.3, 0.4) is 0 Å². The molecular weight excluding hydrogens is 198 g/mol. The van der Waals surface area contributed by atoms with Gasteiger partial charge in [0.15, 0.2) is 0 Å². The lowest BCUT2D eigenvalue weighted by Crippen LogP contribution is -2.46. The van der Waals surface area contributed by atoms with Gasteiger partial charge in [0.1, 0.15) is 0 Å². The van der Waals surface area contributed by atoms with Gasteiger partial charge in [-0.05, 0) is 44.1 Å². The van der Waals surface area contributed by atoms with Crippen molar-refractivity contribution in [3.05, 3.63) is 0 Å². The van der Waals surface area contributed by atoms with Crippen molar-refractivity contribution in [3.8, 4) is 0 Å².